The normalized spacial score (nSPS) is 13.5. The molecule has 8 heteroatoms. The van der Waals surface area contributed by atoms with E-state index in [0.29, 0.717) is 0 Å². The molecule has 0 aliphatic heterocycles. The molecule has 90 valence electrons. The lowest BCUT2D eigenvalue weighted by Gasteiger charge is -2.14. The number of hydrogen-bond acceptors (Lipinski definition) is 4. The molecule has 1 aromatic heterocycles. The highest BCUT2D eigenvalue weighted by atomic mass is 32.1. The van der Waals surface area contributed by atoms with E-state index in [4.69, 9.17) is 10.2 Å². The molecule has 1 heterocycles. The number of aromatic carboxylic acids is 1. The molecule has 2 N–H and O–H groups in total. The van der Waals surface area contributed by atoms with Gasteiger partial charge in [0.05, 0.1) is 0 Å². The second-order valence-corrected chi connectivity index (χ2v) is 3.70. The first-order valence-electron chi connectivity index (χ1n) is 4.00. The fourth-order valence-electron chi connectivity index (χ4n) is 0.830. The summed E-state index contributed by atoms with van der Waals surface area (Å²) < 4.78 is 40.3. The maximum atomic E-state index is 11.9. The molecule has 0 saturated carbocycles. The summed E-state index contributed by atoms with van der Waals surface area (Å²) in [5, 5.41) is 18.6. The van der Waals surface area contributed by atoms with Crippen molar-refractivity contribution in [2.24, 2.45) is 0 Å². The van der Waals surface area contributed by atoms with E-state index in [9.17, 15) is 18.0 Å². The number of carbonyl (C=O) groups is 1. The van der Waals surface area contributed by atoms with E-state index in [1.807, 2.05) is 0 Å². The van der Waals surface area contributed by atoms with Gasteiger partial charge in [0, 0.05) is 0 Å². The molecule has 0 saturated heterocycles. The lowest BCUT2D eigenvalue weighted by atomic mass is 10.3. The number of rotatable bonds is 4. The highest BCUT2D eigenvalue weighted by Gasteiger charge is 2.38. The summed E-state index contributed by atoms with van der Waals surface area (Å²) in [5.74, 6) is -1.47. The number of carboxylic acids is 1. The van der Waals surface area contributed by atoms with Gasteiger partial charge >= 0.3 is 12.1 Å². The van der Waals surface area contributed by atoms with Gasteiger partial charge in [-0.2, -0.15) is 13.2 Å². The largest absolute Gasteiger partial charge is 0.489 e. The Morgan fingerprint density at radius 3 is 2.69 bits per heavy atom. The van der Waals surface area contributed by atoms with Crippen LogP contribution in [0.25, 0.3) is 0 Å². The minimum Gasteiger partial charge on any atom is -0.489 e. The molecule has 16 heavy (non-hydrogen) atoms. The van der Waals surface area contributed by atoms with Crippen molar-refractivity contribution in [3.63, 3.8) is 0 Å². The summed E-state index contributed by atoms with van der Waals surface area (Å²) in [4.78, 5) is 10.4. The smallest absolute Gasteiger partial charge is 0.417 e. The van der Waals surface area contributed by atoms with Crippen LogP contribution in [0.1, 0.15) is 9.67 Å². The molecule has 0 aliphatic rings. The molecule has 1 unspecified atom stereocenters. The van der Waals surface area contributed by atoms with Crippen molar-refractivity contribution in [3.05, 3.63) is 16.3 Å². The van der Waals surface area contributed by atoms with Crippen molar-refractivity contribution in [1.29, 1.82) is 0 Å². The van der Waals surface area contributed by atoms with Crippen LogP contribution in [-0.2, 0) is 0 Å². The van der Waals surface area contributed by atoms with Gasteiger partial charge in [0.2, 0.25) is 0 Å². The van der Waals surface area contributed by atoms with E-state index in [1.54, 1.807) is 0 Å². The Labute approximate surface area is 91.9 Å². The van der Waals surface area contributed by atoms with E-state index in [0.717, 1.165) is 11.3 Å². The fraction of sp³-hybridized carbons (Fsp3) is 0.375. The van der Waals surface area contributed by atoms with Gasteiger partial charge in [-0.1, -0.05) is 0 Å². The van der Waals surface area contributed by atoms with Gasteiger partial charge in [0.25, 0.3) is 0 Å². The van der Waals surface area contributed by atoms with E-state index >= 15 is 0 Å². The summed E-state index contributed by atoms with van der Waals surface area (Å²) in [5.41, 5.74) is 0. The Morgan fingerprint density at radius 2 is 2.19 bits per heavy atom. The van der Waals surface area contributed by atoms with Crippen molar-refractivity contribution in [1.82, 2.24) is 0 Å². The summed E-state index contributed by atoms with van der Waals surface area (Å²) in [6, 6.07) is 1.23. The zero-order valence-electron chi connectivity index (χ0n) is 7.69. The zero-order valence-corrected chi connectivity index (χ0v) is 8.51. The predicted octanol–water partition coefficient (Wildman–Crippen LogP) is 1.75. The molecule has 0 radical (unpaired) electrons. The van der Waals surface area contributed by atoms with Crippen LogP contribution in [0.3, 0.4) is 0 Å². The van der Waals surface area contributed by atoms with Gasteiger partial charge in [0.15, 0.2) is 11.0 Å². The predicted molar refractivity (Wildman–Crippen MR) is 48.8 cm³/mol. The molecule has 0 aliphatic carbocycles. The molecular formula is C8H7F3O4S. The number of ether oxygens (including phenoxy) is 1. The topological polar surface area (TPSA) is 66.8 Å². The Hall–Kier alpha value is -1.28. The second kappa shape index (κ2) is 4.71. The van der Waals surface area contributed by atoms with Gasteiger partial charge < -0.3 is 14.9 Å². The van der Waals surface area contributed by atoms with Gasteiger partial charge in [-0.05, 0) is 11.4 Å². The lowest BCUT2D eigenvalue weighted by Crippen LogP contribution is -2.34. The Balaban J connectivity index is 2.62. The Bertz CT molecular complexity index is 374. The van der Waals surface area contributed by atoms with Crippen molar-refractivity contribution >= 4 is 17.3 Å². The van der Waals surface area contributed by atoms with E-state index in [-0.39, 0.29) is 10.6 Å². The van der Waals surface area contributed by atoms with E-state index < -0.39 is 24.9 Å². The second-order valence-electron chi connectivity index (χ2n) is 2.79. The third-order valence-electron chi connectivity index (χ3n) is 1.60. The summed E-state index contributed by atoms with van der Waals surface area (Å²) in [6.07, 6.45) is -7.41. The van der Waals surface area contributed by atoms with Crippen LogP contribution in [-0.4, -0.2) is 35.1 Å². The van der Waals surface area contributed by atoms with Crippen molar-refractivity contribution in [3.8, 4) is 5.75 Å². The Kier molecular flexibility index (Phi) is 3.76. The molecule has 1 atom stereocenters. The SMILES string of the molecule is O=C(O)c1sccc1OCC(O)C(F)(F)F. The first kappa shape index (κ1) is 12.8. The molecular weight excluding hydrogens is 249 g/mol. The first-order valence-corrected chi connectivity index (χ1v) is 4.88. The summed E-state index contributed by atoms with van der Waals surface area (Å²) >= 11 is 0.829. The van der Waals surface area contributed by atoms with E-state index in [1.165, 1.54) is 11.4 Å². The number of aliphatic hydroxyl groups is 1. The van der Waals surface area contributed by atoms with Gasteiger partial charge in [-0.15, -0.1) is 11.3 Å². The van der Waals surface area contributed by atoms with Gasteiger partial charge in [0.1, 0.15) is 12.4 Å². The monoisotopic (exact) mass is 256 g/mol. The average molecular weight is 256 g/mol. The third kappa shape index (κ3) is 3.11. The van der Waals surface area contributed by atoms with Crippen molar-refractivity contribution in [2.45, 2.75) is 12.3 Å². The van der Waals surface area contributed by atoms with Crippen molar-refractivity contribution < 1.29 is 32.9 Å². The quantitative estimate of drug-likeness (QED) is 0.861. The minimum atomic E-state index is -4.78. The number of carboxylic acid groups (broad SMARTS) is 1. The summed E-state index contributed by atoms with van der Waals surface area (Å²) in [6.45, 7) is -1.03. The van der Waals surface area contributed by atoms with Crippen LogP contribution in [0.2, 0.25) is 0 Å². The first-order chi connectivity index (χ1) is 7.32. The Morgan fingerprint density at radius 1 is 1.56 bits per heavy atom. The fourth-order valence-corrected chi connectivity index (χ4v) is 1.50. The molecule has 0 spiro atoms. The van der Waals surface area contributed by atoms with Crippen LogP contribution >= 0.6 is 11.3 Å². The van der Waals surface area contributed by atoms with Crippen LogP contribution in [0, 0.1) is 0 Å². The van der Waals surface area contributed by atoms with Crippen LogP contribution in [0.15, 0.2) is 11.4 Å². The third-order valence-corrected chi connectivity index (χ3v) is 2.48. The zero-order chi connectivity index (χ0) is 12.3. The van der Waals surface area contributed by atoms with Crippen LogP contribution in [0.5, 0.6) is 5.75 Å². The maximum Gasteiger partial charge on any atom is 0.417 e. The molecule has 1 aromatic rings. The molecule has 0 fully saturated rings. The number of hydrogen-bond donors (Lipinski definition) is 2. The molecule has 4 nitrogen and oxygen atoms in total. The summed E-state index contributed by atoms with van der Waals surface area (Å²) in [7, 11) is 0. The molecule has 0 bridgehead atoms. The molecule has 0 amide bonds. The lowest BCUT2D eigenvalue weighted by molar-refractivity contribution is -0.210. The molecule has 0 aromatic carbocycles. The minimum absolute atomic E-state index is 0.180. The van der Waals surface area contributed by atoms with Crippen LogP contribution in [0.4, 0.5) is 13.2 Å². The molecule has 1 rings (SSSR count). The number of alkyl halides is 3. The number of thiophene rings is 1. The van der Waals surface area contributed by atoms with Crippen molar-refractivity contribution in [2.75, 3.05) is 6.61 Å². The van der Waals surface area contributed by atoms with Gasteiger partial charge in [-0.25, -0.2) is 4.79 Å². The highest BCUT2D eigenvalue weighted by molar-refractivity contribution is 7.12. The van der Waals surface area contributed by atoms with Crippen LogP contribution < -0.4 is 4.74 Å². The maximum absolute atomic E-state index is 11.9. The van der Waals surface area contributed by atoms with E-state index in [2.05, 4.69) is 4.74 Å². The standard InChI is InChI=1S/C8H7F3O4S/c9-8(10,11)5(12)3-15-4-1-2-16-6(4)7(13)14/h1-2,5,12H,3H2,(H,13,14). The average Bonchev–Trinajstić information content (AvgIpc) is 2.60. The van der Waals surface area contributed by atoms with Gasteiger partial charge in [-0.3, -0.25) is 0 Å². The number of halogens is 3. The number of aliphatic hydroxyl groups excluding tert-OH is 1. The highest BCUT2D eigenvalue weighted by Crippen LogP contribution is 2.26.